The van der Waals surface area contributed by atoms with E-state index in [2.05, 4.69) is 53.8 Å². The fraction of sp³-hybridized carbons (Fsp3) is 0.643. The summed E-state index contributed by atoms with van der Waals surface area (Å²) in [5, 5.41) is 7.00. The van der Waals surface area contributed by atoms with E-state index in [9.17, 15) is 0 Å². The van der Waals surface area contributed by atoms with Crippen LogP contribution in [0.4, 0.5) is 0 Å². The molecule has 0 unspecified atom stereocenters. The molecular weight excluding hydrogens is 303 g/mol. The van der Waals surface area contributed by atoms with E-state index in [-0.39, 0.29) is 5.54 Å². The molecule has 0 saturated heterocycles. The maximum absolute atomic E-state index is 4.07. The molecule has 0 spiro atoms. The third kappa shape index (κ3) is 36.0. The molecule has 18 heavy (non-hydrogen) atoms. The van der Waals surface area contributed by atoms with Crippen molar-refractivity contribution in [2.24, 2.45) is 3.34 Å². The van der Waals surface area contributed by atoms with Gasteiger partial charge in [-0.05, 0) is 0 Å². The number of hydrogen-bond donors (Lipinski definition) is 0. The summed E-state index contributed by atoms with van der Waals surface area (Å²) in [6.45, 7) is 8.35. The minimum absolute atomic E-state index is 0.189. The van der Waals surface area contributed by atoms with Crippen LogP contribution >= 0.6 is 0 Å². The summed E-state index contributed by atoms with van der Waals surface area (Å²) in [6.07, 6.45) is 0. The molecule has 4 heteroatoms. The molecule has 0 aliphatic carbocycles. The molecule has 0 aromatic heterocycles. The summed E-state index contributed by atoms with van der Waals surface area (Å²) in [5.41, 5.74) is 1.53. The number of rotatable bonds is 0. The van der Waals surface area contributed by atoms with Crippen molar-refractivity contribution in [1.82, 2.24) is 0 Å². The molecule has 1 aromatic carbocycles. The van der Waals surface area contributed by atoms with Gasteiger partial charge in [-0.25, -0.2) is 12.1 Å². The van der Waals surface area contributed by atoms with E-state index in [1.807, 2.05) is 12.1 Å². The van der Waals surface area contributed by atoms with Gasteiger partial charge < -0.3 is 10.6 Å². The zero-order valence-electron chi connectivity index (χ0n) is 13.1. The third-order valence-electron chi connectivity index (χ3n) is 1.13. The van der Waals surface area contributed by atoms with Crippen LogP contribution in [0.2, 0.25) is 0 Å². The first-order valence-electron chi connectivity index (χ1n) is 5.79. The van der Waals surface area contributed by atoms with Crippen LogP contribution in [0.15, 0.2) is 27.6 Å². The molecule has 0 radical (unpaired) electrons. The van der Waals surface area contributed by atoms with Gasteiger partial charge in [0.15, 0.2) is 0 Å². The van der Waals surface area contributed by atoms with Crippen molar-refractivity contribution in [2.45, 2.75) is 33.2 Å². The fourth-order valence-electron chi connectivity index (χ4n) is 0.470. The smallest absolute Gasteiger partial charge is 0.0860 e. The van der Waals surface area contributed by atoms with Gasteiger partial charge in [0.2, 0.25) is 0 Å². The van der Waals surface area contributed by atoms with Crippen molar-refractivity contribution in [3.63, 3.8) is 0 Å². The summed E-state index contributed by atoms with van der Waals surface area (Å²) in [4.78, 5) is 0. The second kappa shape index (κ2) is 16.8. The molecule has 3 nitrogen and oxygen atoms in total. The molecule has 1 aromatic rings. The molecule has 1 rings (SSSR count). The Morgan fingerprint density at radius 3 is 1.22 bits per heavy atom. The van der Waals surface area contributed by atoms with Crippen LogP contribution in [-0.2, 0) is 20.9 Å². The Morgan fingerprint density at radius 1 is 0.944 bits per heavy atom. The monoisotopic (exact) mass is 331 g/mol. The molecular formula is C14H28N3Nb-3. The maximum atomic E-state index is 4.07. The first kappa shape index (κ1) is 22.9. The van der Waals surface area contributed by atoms with Crippen molar-refractivity contribution >= 4 is 0 Å². The standard InChI is InChI=1S/C6H7.C4H9N.2C2H6N.Nb/c1-6-4-2-3-5-6;1-4(2,3)5;2*1-3-2;/h2-5H,1H3;1-3H3;2*1-2H3;/q-1;;2*-1;. The summed E-state index contributed by atoms with van der Waals surface area (Å²) < 4.78 is 4.07. The molecule has 0 heterocycles. The van der Waals surface area contributed by atoms with Crippen molar-refractivity contribution in [2.75, 3.05) is 28.2 Å². The minimum atomic E-state index is 0.189. The largest absolute Gasteiger partial charge is 0.668 e. The third-order valence-corrected chi connectivity index (χ3v) is 2.60. The number of nitrogens with zero attached hydrogens (tertiary/aromatic N) is 3. The first-order chi connectivity index (χ1) is 8.28. The van der Waals surface area contributed by atoms with Gasteiger partial charge in [-0.3, -0.25) is 0 Å². The average Bonchev–Trinajstić information content (AvgIpc) is 2.71. The van der Waals surface area contributed by atoms with Crippen LogP contribution in [0.5, 0.6) is 0 Å². The van der Waals surface area contributed by atoms with E-state index in [1.165, 1.54) is 26.5 Å². The van der Waals surface area contributed by atoms with Crippen molar-refractivity contribution in [3.8, 4) is 0 Å². The number of hydrogen-bond acceptors (Lipinski definition) is 1. The molecule has 0 saturated carbocycles. The Kier molecular flexibility index (Phi) is 21.4. The summed E-state index contributed by atoms with van der Waals surface area (Å²) in [6, 6.07) is 8.24. The quantitative estimate of drug-likeness (QED) is 0.497. The Labute approximate surface area is 126 Å². The fourth-order valence-corrected chi connectivity index (χ4v) is 0.470. The second-order valence-corrected chi connectivity index (χ2v) is 5.12. The van der Waals surface area contributed by atoms with E-state index >= 15 is 0 Å². The molecule has 0 aliphatic heterocycles. The van der Waals surface area contributed by atoms with Gasteiger partial charge in [-0.2, -0.15) is 45.9 Å². The van der Waals surface area contributed by atoms with Crippen molar-refractivity contribution in [1.29, 1.82) is 0 Å². The van der Waals surface area contributed by atoms with Crippen LogP contribution in [0.3, 0.4) is 0 Å². The van der Waals surface area contributed by atoms with Crippen LogP contribution in [-0.4, -0.2) is 33.7 Å². The second-order valence-electron chi connectivity index (χ2n) is 4.63. The van der Waals surface area contributed by atoms with Crippen molar-refractivity contribution < 1.29 is 20.9 Å². The van der Waals surface area contributed by atoms with E-state index in [4.69, 9.17) is 0 Å². The van der Waals surface area contributed by atoms with E-state index in [0.29, 0.717) is 0 Å². The topological polar surface area (TPSA) is 40.6 Å². The van der Waals surface area contributed by atoms with Crippen LogP contribution < -0.4 is 0 Å². The molecule has 0 fully saturated rings. The Morgan fingerprint density at radius 2 is 1.17 bits per heavy atom. The Bertz CT molecular complexity index is 236. The maximum Gasteiger partial charge on any atom is -0.0860 e. The predicted octanol–water partition coefficient (Wildman–Crippen LogP) is 4.47. The number of aryl methyl sites for hydroxylation is 1. The van der Waals surface area contributed by atoms with Gasteiger partial charge in [0.1, 0.15) is 0 Å². The molecule has 107 valence electrons. The summed E-state index contributed by atoms with van der Waals surface area (Å²) >= 11 is 1.52. The molecule has 0 bridgehead atoms. The van der Waals surface area contributed by atoms with Crippen molar-refractivity contribution in [3.05, 3.63) is 40.5 Å². The SMILES string of the molecule is CC(C)(C)[N]=[Nb].C[N-]C.C[N-]C.C[c-]1cccc1. The average molecular weight is 331 g/mol. The summed E-state index contributed by atoms with van der Waals surface area (Å²) in [5.74, 6) is 0. The minimum Gasteiger partial charge on any atom is -0.668 e. The zero-order chi connectivity index (χ0) is 15.0. The molecule has 0 N–H and O–H groups in total. The van der Waals surface area contributed by atoms with Gasteiger partial charge in [-0.1, -0.05) is 6.92 Å². The first-order valence-corrected chi connectivity index (χ1v) is 6.77. The van der Waals surface area contributed by atoms with E-state index in [0.717, 1.165) is 0 Å². The van der Waals surface area contributed by atoms with Gasteiger partial charge in [0, 0.05) is 0 Å². The van der Waals surface area contributed by atoms with Gasteiger partial charge in [-0.15, -0.1) is 0 Å². The Hall–Kier alpha value is -0.190. The van der Waals surface area contributed by atoms with Gasteiger partial charge in [0.25, 0.3) is 0 Å². The van der Waals surface area contributed by atoms with Gasteiger partial charge >= 0.3 is 50.5 Å². The Balaban J connectivity index is -0.000000177. The van der Waals surface area contributed by atoms with Crippen LogP contribution in [0.25, 0.3) is 10.6 Å². The predicted molar refractivity (Wildman–Crippen MR) is 79.4 cm³/mol. The molecule has 0 aliphatic rings. The molecule has 0 atom stereocenters. The van der Waals surface area contributed by atoms with Crippen LogP contribution in [0.1, 0.15) is 26.3 Å². The summed E-state index contributed by atoms with van der Waals surface area (Å²) in [7, 11) is 7.00. The van der Waals surface area contributed by atoms with Crippen LogP contribution in [0, 0.1) is 6.92 Å². The normalized spacial score (nSPS) is 8.61. The molecule has 0 amide bonds. The van der Waals surface area contributed by atoms with Gasteiger partial charge in [0.05, 0.1) is 0 Å². The van der Waals surface area contributed by atoms with E-state index in [1.54, 1.807) is 28.2 Å². The van der Waals surface area contributed by atoms with E-state index < -0.39 is 0 Å². The zero-order valence-corrected chi connectivity index (χ0v) is 15.3.